The lowest BCUT2D eigenvalue weighted by molar-refractivity contribution is -0.731. The molecule has 0 aromatic heterocycles. The van der Waals surface area contributed by atoms with E-state index in [9.17, 15) is 0 Å². The maximum absolute atomic E-state index is 3.98. The molecule has 2 atom stereocenters. The maximum Gasteiger partial charge on any atom is 0.186 e. The Morgan fingerprint density at radius 1 is 0.463 bits per heavy atom. The van der Waals surface area contributed by atoms with Crippen molar-refractivity contribution in [1.82, 2.24) is 5.32 Å². The van der Waals surface area contributed by atoms with Crippen molar-refractivity contribution in [2.24, 2.45) is 0 Å². The van der Waals surface area contributed by atoms with Gasteiger partial charge in [0.05, 0.1) is 16.8 Å². The second-order valence-electron chi connectivity index (χ2n) is 14.7. The summed E-state index contributed by atoms with van der Waals surface area (Å²) >= 11 is 0. The van der Waals surface area contributed by atoms with Crippen molar-refractivity contribution in [3.8, 4) is 11.1 Å². The molecule has 0 saturated carbocycles. The summed E-state index contributed by atoms with van der Waals surface area (Å²) < 4.78 is 0. The van der Waals surface area contributed by atoms with Gasteiger partial charge in [0.25, 0.3) is 0 Å². The summed E-state index contributed by atoms with van der Waals surface area (Å²) in [6, 6.07) is 71.8. The minimum Gasteiger partial charge on any atom is -0.332 e. The van der Waals surface area contributed by atoms with Gasteiger partial charge >= 0.3 is 0 Å². The molecule has 0 amide bonds. The van der Waals surface area contributed by atoms with Gasteiger partial charge in [-0.2, -0.15) is 0 Å². The molecule has 8 aromatic rings. The van der Waals surface area contributed by atoms with Gasteiger partial charge in [0, 0.05) is 28.6 Å². The zero-order chi connectivity index (χ0) is 35.6. The number of nitrogens with two attached hydrogens (primary N) is 1. The van der Waals surface area contributed by atoms with Crippen LogP contribution >= 0.6 is 0 Å². The third kappa shape index (κ3) is 4.59. The first-order chi connectivity index (χ1) is 26.8. The van der Waals surface area contributed by atoms with E-state index >= 15 is 0 Å². The topological polar surface area (TPSA) is 31.9 Å². The van der Waals surface area contributed by atoms with Crippen molar-refractivity contribution in [2.75, 3.05) is 4.90 Å². The van der Waals surface area contributed by atoms with Crippen LogP contribution in [0.1, 0.15) is 51.2 Å². The molecule has 0 saturated heterocycles. The van der Waals surface area contributed by atoms with E-state index in [0.717, 1.165) is 11.4 Å². The van der Waals surface area contributed by atoms with Crippen molar-refractivity contribution in [2.45, 2.75) is 17.6 Å². The summed E-state index contributed by atoms with van der Waals surface area (Å²) in [6.45, 7) is 0. The van der Waals surface area contributed by atoms with Crippen LogP contribution in [0.15, 0.2) is 200 Å². The number of quaternary nitrogens is 1. The normalized spacial score (nSPS) is 17.6. The minimum absolute atomic E-state index is 0.00422. The molecule has 256 valence electrons. The molecule has 1 aliphatic carbocycles. The maximum atomic E-state index is 3.98. The van der Waals surface area contributed by atoms with Crippen molar-refractivity contribution in [3.63, 3.8) is 0 Å². The SMILES string of the molecule is C1=C(c2ccccc2)NC(c2ccc3c(c2)C2(c4cc5ccccc5cc4-3)c3ccccc3N(c3ccccc3)c3ccccc32)[NH2+]C1c1ccccc1. The first-order valence-corrected chi connectivity index (χ1v) is 18.9. The molecule has 8 aromatic carbocycles. The lowest BCUT2D eigenvalue weighted by atomic mass is 9.64. The summed E-state index contributed by atoms with van der Waals surface area (Å²) in [6.07, 6.45) is 2.37. The highest BCUT2D eigenvalue weighted by atomic mass is 15.2. The minimum atomic E-state index is -0.533. The number of fused-ring (bicyclic) bond motifs is 10. The molecule has 2 unspecified atom stereocenters. The number of anilines is 3. The fourth-order valence-electron chi connectivity index (χ4n) is 9.48. The predicted octanol–water partition coefficient (Wildman–Crippen LogP) is 10.9. The number of nitrogens with zero attached hydrogens (tertiary/aromatic N) is 1. The summed E-state index contributed by atoms with van der Waals surface area (Å²) in [4.78, 5) is 2.45. The third-order valence-electron chi connectivity index (χ3n) is 11.8. The highest BCUT2D eigenvalue weighted by Gasteiger charge is 2.52. The zero-order valence-electron chi connectivity index (χ0n) is 29.7. The molecule has 3 N–H and O–H groups in total. The van der Waals surface area contributed by atoms with Crippen LogP contribution in [0.4, 0.5) is 17.1 Å². The number of para-hydroxylation sites is 3. The molecular weight excluding hydrogens is 655 g/mol. The Labute approximate surface area is 315 Å². The van der Waals surface area contributed by atoms with E-state index in [2.05, 4.69) is 216 Å². The number of nitrogens with one attached hydrogen (secondary N) is 1. The molecule has 1 spiro atoms. The molecule has 2 heterocycles. The standard InChI is InChI=1S/C51H37N3/c1-4-16-34(17-5-1)46-33-47(35-18-6-2-7-19-35)53-50(52-46)38-28-29-40-41-30-36-20-10-11-21-37(36)31-45(41)51(44(40)32-38)42-24-12-14-26-48(42)54(39-22-8-3-9-23-39)49-27-15-13-25-43(49)51/h1-33,46,50,52-53H/p+1. The molecule has 11 rings (SSSR count). The van der Waals surface area contributed by atoms with Gasteiger partial charge in [0.15, 0.2) is 6.17 Å². The van der Waals surface area contributed by atoms with Crippen LogP contribution in [-0.2, 0) is 5.41 Å². The van der Waals surface area contributed by atoms with E-state index in [-0.39, 0.29) is 12.2 Å². The average molecular weight is 693 g/mol. The molecule has 0 bridgehead atoms. The van der Waals surface area contributed by atoms with Gasteiger partial charge in [0.1, 0.15) is 6.04 Å². The highest BCUT2D eigenvalue weighted by molar-refractivity contribution is 6.00. The van der Waals surface area contributed by atoms with Crippen LogP contribution in [0.5, 0.6) is 0 Å². The lowest BCUT2D eigenvalue weighted by Gasteiger charge is -2.45. The molecule has 3 heteroatoms. The molecule has 0 fully saturated rings. The van der Waals surface area contributed by atoms with Crippen molar-refractivity contribution >= 4 is 33.5 Å². The smallest absolute Gasteiger partial charge is 0.186 e. The number of hydrogen-bond acceptors (Lipinski definition) is 2. The Balaban J connectivity index is 1.17. The van der Waals surface area contributed by atoms with Crippen LogP contribution in [0, 0.1) is 0 Å². The van der Waals surface area contributed by atoms with E-state index < -0.39 is 5.41 Å². The first-order valence-electron chi connectivity index (χ1n) is 18.9. The van der Waals surface area contributed by atoms with Crippen molar-refractivity contribution in [3.05, 3.63) is 239 Å². The van der Waals surface area contributed by atoms with Crippen LogP contribution in [0.3, 0.4) is 0 Å². The Hall–Kier alpha value is -6.68. The van der Waals surface area contributed by atoms with Crippen LogP contribution < -0.4 is 15.5 Å². The van der Waals surface area contributed by atoms with Gasteiger partial charge in [-0.25, -0.2) is 0 Å². The van der Waals surface area contributed by atoms with Gasteiger partial charge in [-0.1, -0.05) is 152 Å². The Bertz CT molecular complexity index is 2690. The van der Waals surface area contributed by atoms with Gasteiger partial charge < -0.3 is 15.5 Å². The summed E-state index contributed by atoms with van der Waals surface area (Å²) in [5.41, 5.74) is 15.8. The van der Waals surface area contributed by atoms with E-state index in [1.807, 2.05) is 0 Å². The van der Waals surface area contributed by atoms with Crippen molar-refractivity contribution < 1.29 is 5.32 Å². The van der Waals surface area contributed by atoms with Crippen LogP contribution in [0.2, 0.25) is 0 Å². The van der Waals surface area contributed by atoms with Gasteiger partial charge in [0.2, 0.25) is 0 Å². The van der Waals surface area contributed by atoms with Gasteiger partial charge in [-0.3, -0.25) is 0 Å². The predicted molar refractivity (Wildman–Crippen MR) is 221 cm³/mol. The average Bonchev–Trinajstić information content (AvgIpc) is 3.52. The third-order valence-corrected chi connectivity index (χ3v) is 11.8. The van der Waals surface area contributed by atoms with Gasteiger partial charge in [-0.15, -0.1) is 0 Å². The Morgan fingerprint density at radius 2 is 1.04 bits per heavy atom. The second kappa shape index (κ2) is 12.2. The number of rotatable bonds is 4. The Morgan fingerprint density at radius 3 is 1.74 bits per heavy atom. The summed E-state index contributed by atoms with van der Waals surface area (Å²) in [7, 11) is 0. The van der Waals surface area contributed by atoms with Crippen LogP contribution in [0.25, 0.3) is 27.6 Å². The molecule has 0 radical (unpaired) electrons. The van der Waals surface area contributed by atoms with E-state index in [1.165, 1.54) is 72.2 Å². The van der Waals surface area contributed by atoms with E-state index in [0.29, 0.717) is 0 Å². The molecular formula is C51H38N3+. The zero-order valence-corrected chi connectivity index (χ0v) is 29.7. The molecule has 54 heavy (non-hydrogen) atoms. The molecule has 3 aliphatic rings. The number of hydrogen-bond donors (Lipinski definition) is 2. The van der Waals surface area contributed by atoms with Crippen molar-refractivity contribution in [1.29, 1.82) is 0 Å². The first kappa shape index (κ1) is 30.9. The quantitative estimate of drug-likeness (QED) is 0.192. The molecule has 2 aliphatic heterocycles. The summed E-state index contributed by atoms with van der Waals surface area (Å²) in [5, 5.41) is 8.98. The fourth-order valence-corrected chi connectivity index (χ4v) is 9.48. The van der Waals surface area contributed by atoms with E-state index in [1.54, 1.807) is 0 Å². The largest absolute Gasteiger partial charge is 0.332 e. The monoisotopic (exact) mass is 692 g/mol. The van der Waals surface area contributed by atoms with Crippen LogP contribution in [-0.4, -0.2) is 0 Å². The Kier molecular flexibility index (Phi) is 6.98. The highest BCUT2D eigenvalue weighted by Crippen LogP contribution is 2.64. The lowest BCUT2D eigenvalue weighted by Crippen LogP contribution is -2.89. The van der Waals surface area contributed by atoms with E-state index in [4.69, 9.17) is 0 Å². The second-order valence-corrected chi connectivity index (χ2v) is 14.7. The number of benzene rings is 8. The fraction of sp³-hybridized carbons (Fsp3) is 0.0588. The molecule has 3 nitrogen and oxygen atoms in total. The van der Waals surface area contributed by atoms with Gasteiger partial charge in [-0.05, 0) is 92.2 Å². The summed E-state index contributed by atoms with van der Waals surface area (Å²) in [5.74, 6) is 0.